The molecule has 4 heteroatoms. The summed E-state index contributed by atoms with van der Waals surface area (Å²) in [4.78, 5) is 13.3. The number of nitrogens with one attached hydrogen (secondary N) is 2. The van der Waals surface area contributed by atoms with Crippen LogP contribution in [0.2, 0.25) is 0 Å². The van der Waals surface area contributed by atoms with Gasteiger partial charge >= 0.3 is 0 Å². The third-order valence-electron chi connectivity index (χ3n) is 2.43. The Kier molecular flexibility index (Phi) is 5.33. The summed E-state index contributed by atoms with van der Waals surface area (Å²) < 4.78 is 0. The van der Waals surface area contributed by atoms with Gasteiger partial charge in [0, 0.05) is 33.6 Å². The Balaban J connectivity index is 2.49. The third kappa shape index (κ3) is 4.34. The molecule has 94 valence electrons. The van der Waals surface area contributed by atoms with Crippen molar-refractivity contribution >= 4 is 17.3 Å². The van der Waals surface area contributed by atoms with E-state index in [1.54, 1.807) is 0 Å². The van der Waals surface area contributed by atoms with Crippen molar-refractivity contribution in [3.63, 3.8) is 0 Å². The first-order valence-corrected chi connectivity index (χ1v) is 5.92. The molecule has 0 aliphatic heterocycles. The molecule has 1 aromatic carbocycles. The van der Waals surface area contributed by atoms with E-state index in [1.807, 2.05) is 39.2 Å². The molecule has 0 radical (unpaired) electrons. The summed E-state index contributed by atoms with van der Waals surface area (Å²) in [6.07, 6.45) is 0.496. The minimum atomic E-state index is 0.0855. The molecule has 1 aromatic rings. The zero-order valence-electron chi connectivity index (χ0n) is 10.8. The lowest BCUT2D eigenvalue weighted by atomic mass is 10.2. The number of amides is 1. The number of nitrogens with zero attached hydrogens (tertiary/aromatic N) is 1. The highest BCUT2D eigenvalue weighted by atomic mass is 16.1. The van der Waals surface area contributed by atoms with Crippen LogP contribution in [0, 0.1) is 0 Å². The van der Waals surface area contributed by atoms with E-state index < -0.39 is 0 Å². The van der Waals surface area contributed by atoms with Crippen LogP contribution in [-0.4, -0.2) is 33.1 Å². The average Bonchev–Trinajstić information content (AvgIpc) is 2.30. The van der Waals surface area contributed by atoms with Crippen LogP contribution in [0.15, 0.2) is 24.3 Å². The van der Waals surface area contributed by atoms with Gasteiger partial charge in [0.1, 0.15) is 0 Å². The van der Waals surface area contributed by atoms with Crippen molar-refractivity contribution in [1.82, 2.24) is 5.32 Å². The van der Waals surface area contributed by atoms with E-state index in [9.17, 15) is 4.79 Å². The minimum absolute atomic E-state index is 0.0855. The molecule has 0 saturated heterocycles. The smallest absolute Gasteiger partial charge is 0.221 e. The first-order chi connectivity index (χ1) is 8.15. The second-order valence-corrected chi connectivity index (χ2v) is 4.04. The Hall–Kier alpha value is -1.71. The summed E-state index contributed by atoms with van der Waals surface area (Å²) in [6, 6.07) is 8.06. The molecular formula is C13H21N3O. The summed E-state index contributed by atoms with van der Waals surface area (Å²) >= 11 is 0. The van der Waals surface area contributed by atoms with Crippen LogP contribution in [0.3, 0.4) is 0 Å². The lowest BCUT2D eigenvalue weighted by Crippen LogP contribution is -2.25. The van der Waals surface area contributed by atoms with Gasteiger partial charge in [0.25, 0.3) is 0 Å². The minimum Gasteiger partial charge on any atom is -0.383 e. The molecule has 17 heavy (non-hydrogen) atoms. The summed E-state index contributed by atoms with van der Waals surface area (Å²) in [5, 5.41) is 6.06. The van der Waals surface area contributed by atoms with E-state index in [-0.39, 0.29) is 5.91 Å². The molecule has 0 atom stereocenters. The fourth-order valence-corrected chi connectivity index (χ4v) is 1.61. The van der Waals surface area contributed by atoms with Crippen LogP contribution in [0.25, 0.3) is 0 Å². The van der Waals surface area contributed by atoms with Gasteiger partial charge in [-0.15, -0.1) is 0 Å². The first-order valence-electron chi connectivity index (χ1n) is 5.92. The maximum Gasteiger partial charge on any atom is 0.221 e. The van der Waals surface area contributed by atoms with Crippen molar-refractivity contribution in [3.05, 3.63) is 24.3 Å². The largest absolute Gasteiger partial charge is 0.383 e. The molecule has 0 heterocycles. The Morgan fingerprint density at radius 2 is 2.00 bits per heavy atom. The van der Waals surface area contributed by atoms with Gasteiger partial charge in [-0.3, -0.25) is 4.79 Å². The number of rotatable bonds is 6. The quantitative estimate of drug-likeness (QED) is 0.788. The summed E-state index contributed by atoms with van der Waals surface area (Å²) in [7, 11) is 4.01. The fourth-order valence-electron chi connectivity index (χ4n) is 1.61. The van der Waals surface area contributed by atoms with Gasteiger partial charge in [-0.05, 0) is 19.1 Å². The molecule has 2 N–H and O–H groups in total. The van der Waals surface area contributed by atoms with E-state index in [0.29, 0.717) is 19.5 Å². The highest BCUT2D eigenvalue weighted by Gasteiger charge is 2.03. The topological polar surface area (TPSA) is 44.4 Å². The molecular weight excluding hydrogens is 214 g/mol. The van der Waals surface area contributed by atoms with Crippen molar-refractivity contribution < 1.29 is 4.79 Å². The predicted molar refractivity (Wildman–Crippen MR) is 72.6 cm³/mol. The van der Waals surface area contributed by atoms with Gasteiger partial charge in [0.2, 0.25) is 5.91 Å². The van der Waals surface area contributed by atoms with Crippen molar-refractivity contribution in [1.29, 1.82) is 0 Å². The molecule has 0 spiro atoms. The second-order valence-electron chi connectivity index (χ2n) is 4.04. The van der Waals surface area contributed by atoms with E-state index >= 15 is 0 Å². The Labute approximate surface area is 103 Å². The molecule has 0 bridgehead atoms. The number of hydrogen-bond acceptors (Lipinski definition) is 3. The molecule has 4 nitrogen and oxygen atoms in total. The first kappa shape index (κ1) is 13.4. The van der Waals surface area contributed by atoms with Gasteiger partial charge < -0.3 is 15.5 Å². The highest BCUT2D eigenvalue weighted by Crippen LogP contribution is 2.23. The molecule has 0 aliphatic rings. The monoisotopic (exact) mass is 235 g/mol. The van der Waals surface area contributed by atoms with Gasteiger partial charge in [-0.2, -0.15) is 0 Å². The number of anilines is 2. The standard InChI is InChI=1S/C13H21N3O/c1-4-14-13(17)9-10-15-11-7-5-6-8-12(11)16(2)3/h5-8,15H,4,9-10H2,1-3H3,(H,14,17). The second kappa shape index (κ2) is 6.78. The lowest BCUT2D eigenvalue weighted by molar-refractivity contribution is -0.120. The van der Waals surface area contributed by atoms with Gasteiger partial charge in [0.05, 0.1) is 11.4 Å². The number of carbonyl (C=O) groups excluding carboxylic acids is 1. The summed E-state index contributed by atoms with van der Waals surface area (Å²) in [5.41, 5.74) is 2.19. The fraction of sp³-hybridized carbons (Fsp3) is 0.462. The molecule has 1 amide bonds. The van der Waals surface area contributed by atoms with Crippen LogP contribution in [0.5, 0.6) is 0 Å². The highest BCUT2D eigenvalue weighted by molar-refractivity contribution is 5.77. The Bertz CT molecular complexity index is 363. The van der Waals surface area contributed by atoms with Crippen molar-refractivity contribution in [2.24, 2.45) is 0 Å². The van der Waals surface area contributed by atoms with E-state index in [2.05, 4.69) is 21.6 Å². The van der Waals surface area contributed by atoms with E-state index in [4.69, 9.17) is 0 Å². The third-order valence-corrected chi connectivity index (χ3v) is 2.43. The van der Waals surface area contributed by atoms with Crippen molar-refractivity contribution in [2.75, 3.05) is 37.4 Å². The van der Waals surface area contributed by atoms with Crippen molar-refractivity contribution in [2.45, 2.75) is 13.3 Å². The number of para-hydroxylation sites is 2. The lowest BCUT2D eigenvalue weighted by Gasteiger charge is -2.18. The Morgan fingerprint density at radius 3 is 2.65 bits per heavy atom. The molecule has 0 unspecified atom stereocenters. The van der Waals surface area contributed by atoms with Crippen LogP contribution < -0.4 is 15.5 Å². The van der Waals surface area contributed by atoms with Gasteiger partial charge in [-0.1, -0.05) is 12.1 Å². The van der Waals surface area contributed by atoms with Crippen LogP contribution >= 0.6 is 0 Å². The normalized spacial score (nSPS) is 9.82. The summed E-state index contributed by atoms with van der Waals surface area (Å²) in [6.45, 7) is 3.26. The molecule has 0 aliphatic carbocycles. The molecule has 1 rings (SSSR count). The van der Waals surface area contributed by atoms with Crippen LogP contribution in [0.1, 0.15) is 13.3 Å². The summed E-state index contributed by atoms with van der Waals surface area (Å²) in [5.74, 6) is 0.0855. The number of hydrogen-bond donors (Lipinski definition) is 2. The Morgan fingerprint density at radius 1 is 1.29 bits per heavy atom. The van der Waals surface area contributed by atoms with Gasteiger partial charge in [-0.25, -0.2) is 0 Å². The average molecular weight is 235 g/mol. The zero-order valence-corrected chi connectivity index (χ0v) is 10.8. The van der Waals surface area contributed by atoms with Crippen LogP contribution in [-0.2, 0) is 4.79 Å². The zero-order chi connectivity index (χ0) is 12.7. The van der Waals surface area contributed by atoms with E-state index in [0.717, 1.165) is 11.4 Å². The van der Waals surface area contributed by atoms with E-state index in [1.165, 1.54) is 0 Å². The molecule has 0 saturated carbocycles. The predicted octanol–water partition coefficient (Wildman–Crippen LogP) is 1.69. The number of carbonyl (C=O) groups is 1. The number of benzene rings is 1. The molecule has 0 aromatic heterocycles. The SMILES string of the molecule is CCNC(=O)CCNc1ccccc1N(C)C. The maximum atomic E-state index is 11.3. The molecule has 0 fully saturated rings. The van der Waals surface area contributed by atoms with Gasteiger partial charge in [0.15, 0.2) is 0 Å². The maximum absolute atomic E-state index is 11.3. The van der Waals surface area contributed by atoms with Crippen LogP contribution in [0.4, 0.5) is 11.4 Å². The van der Waals surface area contributed by atoms with Crippen molar-refractivity contribution in [3.8, 4) is 0 Å².